The lowest BCUT2D eigenvalue weighted by Gasteiger charge is -2.49. The van der Waals surface area contributed by atoms with Gasteiger partial charge >= 0.3 is 0 Å². The van der Waals surface area contributed by atoms with Gasteiger partial charge in [-0.2, -0.15) is 0 Å². The normalized spacial score (nSPS) is 45.0. The Kier molecular flexibility index (Phi) is 6.23. The molecule has 0 aromatic heterocycles. The zero-order valence-electron chi connectivity index (χ0n) is 16.2. The molecule has 0 aromatic carbocycles. The fourth-order valence-electron chi connectivity index (χ4n) is 7.73. The van der Waals surface area contributed by atoms with Gasteiger partial charge in [0.1, 0.15) is 0 Å². The highest BCUT2D eigenvalue weighted by atomic mass is 14.5. The van der Waals surface area contributed by atoms with Gasteiger partial charge in [0.05, 0.1) is 0 Å². The topological polar surface area (TPSA) is 0 Å². The second-order valence-corrected chi connectivity index (χ2v) is 10.0. The zero-order chi connectivity index (χ0) is 16.2. The maximum atomic E-state index is 1.61. The molecule has 0 heterocycles. The second kappa shape index (κ2) is 8.59. The minimum Gasteiger partial charge on any atom is -0.0533 e. The lowest BCUT2D eigenvalue weighted by atomic mass is 9.56. The van der Waals surface area contributed by atoms with Crippen molar-refractivity contribution in [1.29, 1.82) is 0 Å². The lowest BCUT2D eigenvalue weighted by Crippen LogP contribution is -2.40. The molecule has 4 fully saturated rings. The van der Waals surface area contributed by atoms with Gasteiger partial charge in [0, 0.05) is 0 Å². The molecular weight excluding hydrogens is 288 g/mol. The molecule has 0 spiro atoms. The third-order valence-corrected chi connectivity index (χ3v) is 8.81. The van der Waals surface area contributed by atoms with Crippen LogP contribution in [0.3, 0.4) is 0 Å². The highest BCUT2D eigenvalue weighted by molar-refractivity contribution is 4.92. The Hall–Kier alpha value is 0. The Morgan fingerprint density at radius 3 is 0.958 bits per heavy atom. The number of hydrogen-bond acceptors (Lipinski definition) is 0. The summed E-state index contributed by atoms with van der Waals surface area (Å²) in [4.78, 5) is 0. The minimum atomic E-state index is 1.12. The summed E-state index contributed by atoms with van der Waals surface area (Å²) in [6, 6.07) is 0. The maximum Gasteiger partial charge on any atom is -0.0352 e. The van der Waals surface area contributed by atoms with Crippen LogP contribution in [-0.2, 0) is 0 Å². The molecule has 24 heavy (non-hydrogen) atoms. The molecule has 5 unspecified atom stereocenters. The van der Waals surface area contributed by atoms with Crippen LogP contribution >= 0.6 is 0 Å². The molecule has 0 nitrogen and oxygen atoms in total. The molecule has 0 bridgehead atoms. The first-order chi connectivity index (χ1) is 11.9. The van der Waals surface area contributed by atoms with Gasteiger partial charge in [0.25, 0.3) is 0 Å². The van der Waals surface area contributed by atoms with Crippen LogP contribution in [0.4, 0.5) is 0 Å². The van der Waals surface area contributed by atoms with Gasteiger partial charge in [-0.3, -0.25) is 0 Å². The first kappa shape index (κ1) is 17.4. The van der Waals surface area contributed by atoms with E-state index in [-0.39, 0.29) is 0 Å². The average Bonchev–Trinajstić information content (AvgIpc) is 2.64. The maximum absolute atomic E-state index is 1.61. The van der Waals surface area contributed by atoms with E-state index < -0.39 is 0 Å². The highest BCUT2D eigenvalue weighted by Gasteiger charge is 2.42. The molecule has 4 saturated carbocycles. The van der Waals surface area contributed by atoms with Crippen molar-refractivity contribution in [3.8, 4) is 0 Å². The summed E-state index contributed by atoms with van der Waals surface area (Å²) in [6.07, 6.45) is 28.2. The van der Waals surface area contributed by atoms with Crippen LogP contribution in [0, 0.1) is 35.5 Å². The van der Waals surface area contributed by atoms with E-state index in [1.165, 1.54) is 12.8 Å². The summed E-state index contributed by atoms with van der Waals surface area (Å²) in [6.45, 7) is 0. The molecule has 138 valence electrons. The third kappa shape index (κ3) is 3.88. The van der Waals surface area contributed by atoms with Crippen LogP contribution in [0.25, 0.3) is 0 Å². The molecule has 4 aliphatic rings. The van der Waals surface area contributed by atoms with E-state index in [2.05, 4.69) is 0 Å². The predicted molar refractivity (Wildman–Crippen MR) is 104 cm³/mol. The van der Waals surface area contributed by atoms with Crippen molar-refractivity contribution in [1.82, 2.24) is 0 Å². The molecular formula is C24H42. The fraction of sp³-hybridized carbons (Fsp3) is 1.00. The van der Waals surface area contributed by atoms with E-state index in [1.54, 1.807) is 103 Å². The van der Waals surface area contributed by atoms with E-state index >= 15 is 0 Å². The summed E-state index contributed by atoms with van der Waals surface area (Å²) >= 11 is 0. The van der Waals surface area contributed by atoms with Gasteiger partial charge in [-0.1, -0.05) is 89.9 Å². The monoisotopic (exact) mass is 330 g/mol. The second-order valence-electron chi connectivity index (χ2n) is 10.0. The Morgan fingerprint density at radius 2 is 0.542 bits per heavy atom. The van der Waals surface area contributed by atoms with Crippen LogP contribution < -0.4 is 0 Å². The zero-order valence-corrected chi connectivity index (χ0v) is 16.2. The summed E-state index contributed by atoms with van der Waals surface area (Å²) in [5.74, 6) is 6.76. The summed E-state index contributed by atoms with van der Waals surface area (Å²) in [7, 11) is 0. The van der Waals surface area contributed by atoms with Gasteiger partial charge in [-0.25, -0.2) is 0 Å². The Balaban J connectivity index is 1.57. The third-order valence-electron chi connectivity index (χ3n) is 8.81. The Labute approximate surface area is 151 Å². The standard InChI is InChI=1S/C24H42/c1-2-4-12-20-14-6-8-16-22(20)24-18-10-9-17-23(24)21-15-7-5-13-19(21)11-3-1/h19-24H,1-18H2/t19?,20?,21?,22?,23-,24?/m0/s1. The van der Waals surface area contributed by atoms with E-state index in [1.807, 2.05) is 0 Å². The van der Waals surface area contributed by atoms with Crippen LogP contribution in [0.1, 0.15) is 116 Å². The minimum absolute atomic E-state index is 1.12. The Morgan fingerprint density at radius 1 is 0.250 bits per heavy atom. The van der Waals surface area contributed by atoms with Crippen LogP contribution in [0.15, 0.2) is 0 Å². The van der Waals surface area contributed by atoms with E-state index in [0.29, 0.717) is 0 Å². The van der Waals surface area contributed by atoms with Crippen molar-refractivity contribution in [2.75, 3.05) is 0 Å². The van der Waals surface area contributed by atoms with Gasteiger partial charge in [-0.05, 0) is 61.2 Å². The van der Waals surface area contributed by atoms with E-state index in [4.69, 9.17) is 0 Å². The number of hydrogen-bond donors (Lipinski definition) is 0. The highest BCUT2D eigenvalue weighted by Crippen LogP contribution is 2.52. The quantitative estimate of drug-likeness (QED) is 0.425. The SMILES string of the molecule is C1CCCC2CCCCC2[C@@H]2CCCCC2C2CCCCC2CC1. The van der Waals surface area contributed by atoms with Crippen molar-refractivity contribution >= 4 is 0 Å². The van der Waals surface area contributed by atoms with E-state index in [9.17, 15) is 0 Å². The van der Waals surface area contributed by atoms with Gasteiger partial charge in [-0.15, -0.1) is 0 Å². The molecule has 0 N–H and O–H groups in total. The van der Waals surface area contributed by atoms with Crippen LogP contribution in [0.2, 0.25) is 0 Å². The first-order valence-electron chi connectivity index (χ1n) is 11.9. The number of fused-ring (bicyclic) bond motifs is 5. The largest absolute Gasteiger partial charge is 0.0533 e. The smallest absolute Gasteiger partial charge is 0.0352 e. The van der Waals surface area contributed by atoms with Crippen LogP contribution in [0.5, 0.6) is 0 Å². The molecule has 6 atom stereocenters. The van der Waals surface area contributed by atoms with E-state index in [0.717, 1.165) is 35.5 Å². The molecule has 0 saturated heterocycles. The lowest BCUT2D eigenvalue weighted by molar-refractivity contribution is 0.0112. The van der Waals surface area contributed by atoms with Crippen molar-refractivity contribution in [2.45, 2.75) is 116 Å². The molecule has 0 heteroatoms. The van der Waals surface area contributed by atoms with Crippen LogP contribution in [-0.4, -0.2) is 0 Å². The molecule has 0 amide bonds. The van der Waals surface area contributed by atoms with Gasteiger partial charge < -0.3 is 0 Å². The Bertz CT molecular complexity index is 336. The van der Waals surface area contributed by atoms with Gasteiger partial charge in [0.2, 0.25) is 0 Å². The first-order valence-corrected chi connectivity index (χ1v) is 11.9. The summed E-state index contributed by atoms with van der Waals surface area (Å²) < 4.78 is 0. The van der Waals surface area contributed by atoms with Crippen molar-refractivity contribution < 1.29 is 0 Å². The summed E-state index contributed by atoms with van der Waals surface area (Å²) in [5.41, 5.74) is 0. The summed E-state index contributed by atoms with van der Waals surface area (Å²) in [5, 5.41) is 0. The van der Waals surface area contributed by atoms with Crippen molar-refractivity contribution in [3.63, 3.8) is 0 Å². The fourth-order valence-corrected chi connectivity index (χ4v) is 7.73. The molecule has 0 aromatic rings. The van der Waals surface area contributed by atoms with Crippen molar-refractivity contribution in [2.24, 2.45) is 35.5 Å². The number of rotatable bonds is 0. The molecule has 0 radical (unpaired) electrons. The predicted octanol–water partition coefficient (Wildman–Crippen LogP) is 7.76. The molecule has 4 rings (SSSR count). The average molecular weight is 331 g/mol. The molecule has 4 aliphatic carbocycles. The molecule has 0 aliphatic heterocycles. The van der Waals surface area contributed by atoms with Crippen molar-refractivity contribution in [3.05, 3.63) is 0 Å². The van der Waals surface area contributed by atoms with Gasteiger partial charge in [0.15, 0.2) is 0 Å².